The topological polar surface area (TPSA) is 74.8 Å². The molecule has 0 radical (unpaired) electrons. The minimum absolute atomic E-state index is 0.0924. The normalized spacial score (nSPS) is 20.1. The molecule has 0 bridgehead atoms. The molecule has 1 aliphatic rings. The van der Waals surface area contributed by atoms with Crippen LogP contribution < -0.4 is 16.0 Å². The first-order valence-electron chi connectivity index (χ1n) is 9.14. The quantitative estimate of drug-likeness (QED) is 0.502. The van der Waals surface area contributed by atoms with Crippen LogP contribution in [0.3, 0.4) is 0 Å². The molecule has 1 aromatic rings. The van der Waals surface area contributed by atoms with Gasteiger partial charge in [-0.15, -0.1) is 0 Å². The number of nitrogens with one attached hydrogen (secondary N) is 3. The van der Waals surface area contributed by atoms with Crippen molar-refractivity contribution in [1.29, 1.82) is 0 Å². The Hall–Kier alpha value is -1.79. The molecule has 0 aliphatic carbocycles. The maximum Gasteiger partial charge on any atom is 0.226 e. The van der Waals surface area contributed by atoms with Crippen molar-refractivity contribution >= 4 is 29.2 Å². The number of anilines is 1. The number of carbonyl (C=O) groups excluding carboxylic acids is 1. The molecular weight excluding hydrogens is 352 g/mol. The Morgan fingerprint density at radius 1 is 1.38 bits per heavy atom. The van der Waals surface area contributed by atoms with Gasteiger partial charge in [0, 0.05) is 26.1 Å². The minimum atomic E-state index is -0.179. The first-order valence-corrected chi connectivity index (χ1v) is 9.52. The molecule has 0 spiro atoms. The molecule has 1 aromatic carbocycles. The van der Waals surface area contributed by atoms with E-state index in [0.717, 1.165) is 31.6 Å². The minimum Gasteiger partial charge on any atom is -0.373 e. The fourth-order valence-corrected chi connectivity index (χ4v) is 3.06. The van der Waals surface area contributed by atoms with Crippen molar-refractivity contribution in [3.8, 4) is 0 Å². The van der Waals surface area contributed by atoms with Crippen molar-refractivity contribution < 1.29 is 9.53 Å². The van der Waals surface area contributed by atoms with Gasteiger partial charge in [0.2, 0.25) is 5.91 Å². The molecule has 1 aliphatic heterocycles. The Labute approximate surface area is 160 Å². The third-order valence-electron chi connectivity index (χ3n) is 4.26. The summed E-state index contributed by atoms with van der Waals surface area (Å²) in [5.74, 6) is 0.607. The maximum atomic E-state index is 12.1. The Kier molecular flexibility index (Phi) is 7.72. The van der Waals surface area contributed by atoms with Crippen LogP contribution in [0.25, 0.3) is 0 Å². The van der Waals surface area contributed by atoms with Gasteiger partial charge in [-0.1, -0.05) is 17.7 Å². The van der Waals surface area contributed by atoms with Gasteiger partial charge in [-0.3, -0.25) is 9.79 Å². The summed E-state index contributed by atoms with van der Waals surface area (Å²) in [5, 5.41) is 9.77. The molecule has 1 heterocycles. The van der Waals surface area contributed by atoms with E-state index in [9.17, 15) is 4.79 Å². The predicted molar refractivity (Wildman–Crippen MR) is 107 cm³/mol. The van der Waals surface area contributed by atoms with Crippen LogP contribution in [0.5, 0.6) is 0 Å². The third kappa shape index (κ3) is 6.50. The predicted octanol–water partition coefficient (Wildman–Crippen LogP) is 3.10. The number of guanidine groups is 1. The van der Waals surface area contributed by atoms with Crippen molar-refractivity contribution in [3.05, 3.63) is 28.8 Å². The number of hydrogen-bond acceptors (Lipinski definition) is 3. The number of nitrogens with zero attached hydrogens (tertiary/aromatic N) is 1. The monoisotopic (exact) mass is 380 g/mol. The molecule has 7 heteroatoms. The smallest absolute Gasteiger partial charge is 0.226 e. The second-order valence-corrected chi connectivity index (χ2v) is 7.21. The lowest BCUT2D eigenvalue weighted by Crippen LogP contribution is -2.40. The van der Waals surface area contributed by atoms with E-state index >= 15 is 0 Å². The molecule has 1 amide bonds. The van der Waals surface area contributed by atoms with Gasteiger partial charge in [-0.05, 0) is 51.3 Å². The van der Waals surface area contributed by atoms with Gasteiger partial charge in [0.15, 0.2) is 5.96 Å². The first-order chi connectivity index (χ1) is 12.4. The van der Waals surface area contributed by atoms with Crippen LogP contribution in [0.2, 0.25) is 5.02 Å². The summed E-state index contributed by atoms with van der Waals surface area (Å²) in [7, 11) is 0. The van der Waals surface area contributed by atoms with E-state index in [1.165, 1.54) is 0 Å². The number of ether oxygens (including phenoxy) is 1. The average molecular weight is 381 g/mol. The largest absolute Gasteiger partial charge is 0.373 e. The van der Waals surface area contributed by atoms with E-state index in [1.54, 1.807) is 0 Å². The van der Waals surface area contributed by atoms with Gasteiger partial charge in [-0.2, -0.15) is 0 Å². The molecule has 1 atom stereocenters. The number of aryl methyl sites for hydroxylation is 1. The molecule has 26 heavy (non-hydrogen) atoms. The van der Waals surface area contributed by atoms with Gasteiger partial charge in [0.05, 0.1) is 22.9 Å². The zero-order valence-corrected chi connectivity index (χ0v) is 16.6. The first kappa shape index (κ1) is 20.5. The Bertz CT molecular complexity index is 642. The van der Waals surface area contributed by atoms with Crippen molar-refractivity contribution in [2.45, 2.75) is 45.6 Å². The summed E-state index contributed by atoms with van der Waals surface area (Å²) >= 11 is 6.14. The second-order valence-electron chi connectivity index (χ2n) is 6.81. The third-order valence-corrected chi connectivity index (χ3v) is 4.57. The maximum absolute atomic E-state index is 12.1. The highest BCUT2D eigenvalue weighted by atomic mass is 35.5. The van der Waals surface area contributed by atoms with Gasteiger partial charge in [-0.25, -0.2) is 0 Å². The number of benzene rings is 1. The number of carbonyl (C=O) groups is 1. The van der Waals surface area contributed by atoms with Crippen molar-refractivity contribution in [1.82, 2.24) is 10.6 Å². The van der Waals surface area contributed by atoms with E-state index in [0.29, 0.717) is 36.2 Å². The number of halogens is 1. The van der Waals surface area contributed by atoms with Crippen molar-refractivity contribution in [3.63, 3.8) is 0 Å². The highest BCUT2D eigenvalue weighted by molar-refractivity contribution is 6.33. The van der Waals surface area contributed by atoms with Gasteiger partial charge in [0.1, 0.15) is 0 Å². The zero-order chi connectivity index (χ0) is 19.0. The molecule has 2 rings (SSSR count). The molecule has 144 valence electrons. The fourth-order valence-electron chi connectivity index (χ4n) is 2.78. The van der Waals surface area contributed by atoms with Crippen molar-refractivity contribution in [2.24, 2.45) is 4.99 Å². The average Bonchev–Trinajstić information content (AvgIpc) is 3.02. The number of hydrogen-bond donors (Lipinski definition) is 3. The molecule has 1 unspecified atom stereocenters. The number of rotatable bonds is 7. The Balaban J connectivity index is 1.80. The van der Waals surface area contributed by atoms with E-state index in [-0.39, 0.29) is 11.5 Å². The highest BCUT2D eigenvalue weighted by Crippen LogP contribution is 2.25. The van der Waals surface area contributed by atoms with Crippen LogP contribution in [-0.2, 0) is 9.53 Å². The molecule has 3 N–H and O–H groups in total. The molecular formula is C19H29ClN4O2. The summed E-state index contributed by atoms with van der Waals surface area (Å²) in [6.45, 7) is 8.71. The van der Waals surface area contributed by atoms with Crippen LogP contribution in [0.1, 0.15) is 38.7 Å². The molecule has 6 nitrogen and oxygen atoms in total. The van der Waals surface area contributed by atoms with Crippen molar-refractivity contribution in [2.75, 3.05) is 31.6 Å². The molecule has 0 saturated carbocycles. The lowest BCUT2D eigenvalue weighted by molar-refractivity contribution is -0.116. The standard InChI is InChI=1S/C19H29ClN4O2/c1-4-21-18(23-13-19(3)9-5-11-26-19)22-10-8-17(25)24-16-7-6-14(2)12-15(16)20/h6-7,12H,4-5,8-11,13H2,1-3H3,(H,24,25)(H2,21,22,23). The van der Waals surface area contributed by atoms with E-state index in [2.05, 4.69) is 27.9 Å². The molecule has 1 fully saturated rings. The fraction of sp³-hybridized carbons (Fsp3) is 0.579. The van der Waals surface area contributed by atoms with Gasteiger partial charge in [0.25, 0.3) is 0 Å². The van der Waals surface area contributed by atoms with Crippen LogP contribution >= 0.6 is 11.6 Å². The Morgan fingerprint density at radius 2 is 2.19 bits per heavy atom. The Morgan fingerprint density at radius 3 is 2.85 bits per heavy atom. The lowest BCUT2D eigenvalue weighted by Gasteiger charge is -2.21. The summed E-state index contributed by atoms with van der Waals surface area (Å²) < 4.78 is 5.76. The molecule has 0 aromatic heterocycles. The summed E-state index contributed by atoms with van der Waals surface area (Å²) in [6, 6.07) is 5.56. The second kappa shape index (κ2) is 9.78. The van der Waals surface area contributed by atoms with E-state index in [4.69, 9.17) is 16.3 Å². The van der Waals surface area contributed by atoms with Crippen LogP contribution in [0.4, 0.5) is 5.69 Å². The van der Waals surface area contributed by atoms with Crippen LogP contribution in [0, 0.1) is 6.92 Å². The highest BCUT2D eigenvalue weighted by Gasteiger charge is 2.29. The van der Waals surface area contributed by atoms with Gasteiger partial charge < -0.3 is 20.7 Å². The number of aliphatic imine (C=N–C) groups is 1. The zero-order valence-electron chi connectivity index (χ0n) is 15.8. The summed E-state index contributed by atoms with van der Waals surface area (Å²) in [5.41, 5.74) is 1.51. The summed E-state index contributed by atoms with van der Waals surface area (Å²) in [4.78, 5) is 16.7. The SMILES string of the molecule is CCNC(=NCC1(C)CCCO1)NCCC(=O)Nc1ccc(C)cc1Cl. The molecule has 1 saturated heterocycles. The van der Waals surface area contributed by atoms with Crippen LogP contribution in [0.15, 0.2) is 23.2 Å². The summed E-state index contributed by atoms with van der Waals surface area (Å²) in [6.07, 6.45) is 2.43. The number of amides is 1. The van der Waals surface area contributed by atoms with Gasteiger partial charge >= 0.3 is 0 Å². The van der Waals surface area contributed by atoms with E-state index < -0.39 is 0 Å². The lowest BCUT2D eigenvalue weighted by atomic mass is 10.0. The van der Waals surface area contributed by atoms with E-state index in [1.807, 2.05) is 32.0 Å². The van der Waals surface area contributed by atoms with Crippen LogP contribution in [-0.4, -0.2) is 43.7 Å².